The van der Waals surface area contributed by atoms with Crippen LogP contribution in [-0.4, -0.2) is 33.0 Å². The van der Waals surface area contributed by atoms with Crippen LogP contribution in [0.5, 0.6) is 17.2 Å². The van der Waals surface area contributed by atoms with Gasteiger partial charge in [0.05, 0.1) is 34.0 Å². The molecule has 0 fully saturated rings. The molecular weight excluding hydrogens is 246 g/mol. The van der Waals surface area contributed by atoms with Crippen LogP contribution in [0, 0.1) is 0 Å². The van der Waals surface area contributed by atoms with Gasteiger partial charge in [0.1, 0.15) is 0 Å². The third kappa shape index (κ3) is 3.15. The van der Waals surface area contributed by atoms with Gasteiger partial charge in [-0.1, -0.05) is 0 Å². The molecule has 0 saturated carbocycles. The van der Waals surface area contributed by atoms with Crippen molar-refractivity contribution in [2.24, 2.45) is 5.73 Å². The van der Waals surface area contributed by atoms with Gasteiger partial charge >= 0.3 is 0 Å². The van der Waals surface area contributed by atoms with Gasteiger partial charge in [0, 0.05) is 5.56 Å². The summed E-state index contributed by atoms with van der Waals surface area (Å²) in [4.78, 5) is 0. The first-order valence-corrected chi connectivity index (χ1v) is 4.84. The van der Waals surface area contributed by atoms with E-state index in [0.717, 1.165) is 0 Å². The molecule has 98 valence electrons. The molecule has 0 amide bonds. The number of halogens is 1. The van der Waals surface area contributed by atoms with E-state index in [1.165, 1.54) is 14.2 Å². The first-order chi connectivity index (χ1) is 7.69. The number of methoxy groups -OCH3 is 3. The fourth-order valence-electron chi connectivity index (χ4n) is 1.51. The smallest absolute Gasteiger partial charge is 0.203 e. The van der Waals surface area contributed by atoms with E-state index in [2.05, 4.69) is 0 Å². The van der Waals surface area contributed by atoms with Gasteiger partial charge in [0.2, 0.25) is 5.75 Å². The highest BCUT2D eigenvalue weighted by Crippen LogP contribution is 2.41. The van der Waals surface area contributed by atoms with Gasteiger partial charge in [0.15, 0.2) is 11.5 Å². The first-order valence-electron chi connectivity index (χ1n) is 4.84. The minimum absolute atomic E-state index is 0. The Morgan fingerprint density at radius 3 is 2.12 bits per heavy atom. The summed E-state index contributed by atoms with van der Waals surface area (Å²) in [6.45, 7) is -0.161. The summed E-state index contributed by atoms with van der Waals surface area (Å²) in [5.41, 5.74) is 6.44. The molecule has 1 atom stereocenters. The maximum atomic E-state index is 9.05. The average Bonchev–Trinajstić information content (AvgIpc) is 2.35. The standard InChI is InChI=1S/C11H17NO4.ClH/c1-14-9-5-4-7(8(12)6-13)10(15-2)11(9)16-3;/h4-5,8,13H,6,12H2,1-3H3;1H/t8-;/m0./s1. The number of benzene rings is 1. The van der Waals surface area contributed by atoms with Crippen molar-refractivity contribution < 1.29 is 19.3 Å². The van der Waals surface area contributed by atoms with Crippen LogP contribution in [0.1, 0.15) is 11.6 Å². The lowest BCUT2D eigenvalue weighted by atomic mass is 10.1. The molecule has 0 aliphatic carbocycles. The minimum Gasteiger partial charge on any atom is -0.493 e. The maximum absolute atomic E-state index is 9.05. The summed E-state index contributed by atoms with van der Waals surface area (Å²) in [7, 11) is 4.59. The lowest BCUT2D eigenvalue weighted by Gasteiger charge is -2.18. The molecule has 0 unspecified atom stereocenters. The largest absolute Gasteiger partial charge is 0.493 e. The number of aliphatic hydroxyl groups excluding tert-OH is 1. The number of ether oxygens (including phenoxy) is 3. The molecule has 0 heterocycles. The second kappa shape index (κ2) is 7.21. The highest BCUT2D eigenvalue weighted by atomic mass is 35.5. The minimum atomic E-state index is -0.505. The summed E-state index contributed by atoms with van der Waals surface area (Å²) in [5, 5.41) is 9.05. The summed E-state index contributed by atoms with van der Waals surface area (Å²) in [6.07, 6.45) is 0. The van der Waals surface area contributed by atoms with Crippen LogP contribution in [0.2, 0.25) is 0 Å². The Bertz CT molecular complexity index is 360. The van der Waals surface area contributed by atoms with E-state index >= 15 is 0 Å². The molecule has 0 aliphatic heterocycles. The molecule has 1 aromatic rings. The summed E-state index contributed by atoms with van der Waals surface area (Å²) in [5.74, 6) is 1.53. The molecule has 1 aromatic carbocycles. The Labute approximate surface area is 107 Å². The van der Waals surface area contributed by atoms with Crippen molar-refractivity contribution in [1.82, 2.24) is 0 Å². The summed E-state index contributed by atoms with van der Waals surface area (Å²) < 4.78 is 15.6. The van der Waals surface area contributed by atoms with Crippen molar-refractivity contribution in [2.45, 2.75) is 6.04 Å². The Morgan fingerprint density at radius 2 is 1.71 bits per heavy atom. The fourth-order valence-corrected chi connectivity index (χ4v) is 1.51. The number of hydrogen-bond donors (Lipinski definition) is 2. The van der Waals surface area contributed by atoms with Crippen molar-refractivity contribution in [3.63, 3.8) is 0 Å². The van der Waals surface area contributed by atoms with Gasteiger partial charge in [-0.25, -0.2) is 0 Å². The van der Waals surface area contributed by atoms with Gasteiger partial charge in [-0.15, -0.1) is 12.4 Å². The van der Waals surface area contributed by atoms with Crippen molar-refractivity contribution in [3.05, 3.63) is 17.7 Å². The van der Waals surface area contributed by atoms with Crippen LogP contribution in [0.4, 0.5) is 0 Å². The summed E-state index contributed by atoms with van der Waals surface area (Å²) >= 11 is 0. The molecule has 0 aromatic heterocycles. The zero-order valence-corrected chi connectivity index (χ0v) is 10.9. The Morgan fingerprint density at radius 1 is 1.12 bits per heavy atom. The molecule has 0 radical (unpaired) electrons. The lowest BCUT2D eigenvalue weighted by Crippen LogP contribution is -2.16. The van der Waals surface area contributed by atoms with Crippen molar-refractivity contribution in [1.29, 1.82) is 0 Å². The van der Waals surface area contributed by atoms with Gasteiger partial charge in [0.25, 0.3) is 0 Å². The number of aliphatic hydroxyl groups is 1. The normalized spacial score (nSPS) is 11.4. The molecule has 5 nitrogen and oxygen atoms in total. The van der Waals surface area contributed by atoms with E-state index < -0.39 is 6.04 Å². The molecule has 0 bridgehead atoms. The van der Waals surface area contributed by atoms with Crippen LogP contribution >= 0.6 is 12.4 Å². The van der Waals surface area contributed by atoms with E-state index in [4.69, 9.17) is 25.1 Å². The Kier molecular flexibility index (Phi) is 6.72. The molecule has 3 N–H and O–H groups in total. The van der Waals surface area contributed by atoms with E-state index in [1.807, 2.05) is 0 Å². The lowest BCUT2D eigenvalue weighted by molar-refractivity contribution is 0.262. The zero-order valence-electron chi connectivity index (χ0n) is 10.1. The SMILES string of the molecule is COc1ccc([C@@H](N)CO)c(OC)c1OC.Cl. The monoisotopic (exact) mass is 263 g/mol. The second-order valence-electron chi connectivity index (χ2n) is 3.21. The van der Waals surface area contributed by atoms with Crippen LogP contribution in [0.25, 0.3) is 0 Å². The van der Waals surface area contributed by atoms with Crippen LogP contribution < -0.4 is 19.9 Å². The Balaban J connectivity index is 0.00000256. The predicted molar refractivity (Wildman–Crippen MR) is 67.4 cm³/mol. The quantitative estimate of drug-likeness (QED) is 0.833. The number of nitrogens with two attached hydrogens (primary N) is 1. The molecule has 0 saturated heterocycles. The molecular formula is C11H18ClNO4. The second-order valence-corrected chi connectivity index (χ2v) is 3.21. The molecule has 1 rings (SSSR count). The summed E-state index contributed by atoms with van der Waals surface area (Å²) in [6, 6.07) is 2.97. The molecule has 17 heavy (non-hydrogen) atoms. The highest BCUT2D eigenvalue weighted by molar-refractivity contribution is 5.85. The fraction of sp³-hybridized carbons (Fsp3) is 0.455. The number of hydrogen-bond acceptors (Lipinski definition) is 5. The topological polar surface area (TPSA) is 73.9 Å². The van der Waals surface area contributed by atoms with Crippen molar-refractivity contribution in [3.8, 4) is 17.2 Å². The van der Waals surface area contributed by atoms with Gasteiger partial charge in [-0.3, -0.25) is 0 Å². The van der Waals surface area contributed by atoms with E-state index in [9.17, 15) is 0 Å². The third-order valence-corrected chi connectivity index (χ3v) is 2.33. The average molecular weight is 264 g/mol. The van der Waals surface area contributed by atoms with E-state index in [1.54, 1.807) is 19.2 Å². The van der Waals surface area contributed by atoms with Crippen LogP contribution in [0.15, 0.2) is 12.1 Å². The Hall–Kier alpha value is -1.17. The maximum Gasteiger partial charge on any atom is 0.203 e. The van der Waals surface area contributed by atoms with Crippen molar-refractivity contribution >= 4 is 12.4 Å². The van der Waals surface area contributed by atoms with E-state index in [-0.39, 0.29) is 19.0 Å². The van der Waals surface area contributed by atoms with Crippen LogP contribution in [0.3, 0.4) is 0 Å². The third-order valence-electron chi connectivity index (χ3n) is 2.33. The van der Waals surface area contributed by atoms with Gasteiger partial charge in [-0.2, -0.15) is 0 Å². The van der Waals surface area contributed by atoms with Crippen LogP contribution in [-0.2, 0) is 0 Å². The highest BCUT2D eigenvalue weighted by Gasteiger charge is 2.19. The molecule has 0 aliphatic rings. The molecule has 6 heteroatoms. The van der Waals surface area contributed by atoms with Crippen molar-refractivity contribution in [2.75, 3.05) is 27.9 Å². The first kappa shape index (κ1) is 15.8. The number of rotatable bonds is 5. The van der Waals surface area contributed by atoms with Gasteiger partial charge in [-0.05, 0) is 12.1 Å². The molecule has 0 spiro atoms. The predicted octanol–water partition coefficient (Wildman–Crippen LogP) is 1.13. The van der Waals surface area contributed by atoms with Gasteiger partial charge < -0.3 is 25.1 Å². The van der Waals surface area contributed by atoms with E-state index in [0.29, 0.717) is 22.8 Å². The zero-order chi connectivity index (χ0) is 12.1.